The van der Waals surface area contributed by atoms with Crippen molar-refractivity contribution in [3.05, 3.63) is 17.6 Å². The molecule has 1 fully saturated rings. The summed E-state index contributed by atoms with van der Waals surface area (Å²) >= 11 is 0. The molecule has 0 aromatic carbocycles. The number of rotatable bonds is 4. The van der Waals surface area contributed by atoms with E-state index in [1.54, 1.807) is 6.33 Å². The van der Waals surface area contributed by atoms with E-state index in [4.69, 9.17) is 0 Å². The number of hydrogen-bond donors (Lipinski definition) is 2. The third kappa shape index (κ3) is 2.84. The van der Waals surface area contributed by atoms with Gasteiger partial charge in [-0.1, -0.05) is 0 Å². The summed E-state index contributed by atoms with van der Waals surface area (Å²) in [4.78, 5) is 28.7. The van der Waals surface area contributed by atoms with Crippen molar-refractivity contribution in [2.45, 2.75) is 38.5 Å². The monoisotopic (exact) mass is 357 g/mol. The molecular formula is C19H27N5O2. The number of nitrogens with zero attached hydrogens (tertiary/aromatic N) is 4. The maximum absolute atomic E-state index is 11.9. The Balaban J connectivity index is 1.64. The van der Waals surface area contributed by atoms with E-state index in [0.29, 0.717) is 32.5 Å². The van der Waals surface area contributed by atoms with Crippen molar-refractivity contribution < 1.29 is 9.90 Å². The number of carboxylic acid groups (broad SMARTS) is 1. The molecule has 0 bridgehead atoms. The average molecular weight is 357 g/mol. The molecule has 2 N–H and O–H groups in total. The van der Waals surface area contributed by atoms with Crippen LogP contribution in [-0.2, 0) is 17.6 Å². The maximum atomic E-state index is 11.9. The number of carbonyl (C=O) groups is 1. The number of H-pyrrole nitrogens is 1. The first kappa shape index (κ1) is 17.3. The van der Waals surface area contributed by atoms with E-state index in [0.717, 1.165) is 29.7 Å². The summed E-state index contributed by atoms with van der Waals surface area (Å²) in [6, 6.07) is 0. The number of aliphatic carboxylic acids is 1. The van der Waals surface area contributed by atoms with E-state index >= 15 is 0 Å². The van der Waals surface area contributed by atoms with Gasteiger partial charge in [0.2, 0.25) is 0 Å². The minimum atomic E-state index is -0.683. The molecule has 4 rings (SSSR count). The van der Waals surface area contributed by atoms with Crippen LogP contribution in [-0.4, -0.2) is 64.7 Å². The Hall–Kier alpha value is -2.15. The lowest BCUT2D eigenvalue weighted by Crippen LogP contribution is -2.49. The predicted molar refractivity (Wildman–Crippen MR) is 101 cm³/mol. The number of aromatic amines is 1. The van der Waals surface area contributed by atoms with Crippen LogP contribution in [0.25, 0.3) is 11.0 Å². The van der Waals surface area contributed by atoms with Crippen LogP contribution in [0.5, 0.6) is 0 Å². The van der Waals surface area contributed by atoms with E-state index < -0.39 is 11.4 Å². The van der Waals surface area contributed by atoms with Gasteiger partial charge < -0.3 is 19.9 Å². The molecule has 0 radical (unpaired) electrons. The summed E-state index contributed by atoms with van der Waals surface area (Å²) in [5.74, 6) is 0.288. The zero-order valence-electron chi connectivity index (χ0n) is 15.6. The van der Waals surface area contributed by atoms with E-state index in [2.05, 4.69) is 19.9 Å². The summed E-state index contributed by atoms with van der Waals surface area (Å²) in [5.41, 5.74) is 2.93. The number of aromatic nitrogens is 3. The number of nitrogens with one attached hydrogen (secondary N) is 1. The van der Waals surface area contributed by atoms with Gasteiger partial charge >= 0.3 is 5.97 Å². The van der Waals surface area contributed by atoms with E-state index in [1.165, 1.54) is 24.1 Å². The lowest BCUT2D eigenvalue weighted by molar-refractivity contribution is -0.151. The molecular weight excluding hydrogens is 330 g/mol. The molecule has 2 aromatic heterocycles. The van der Waals surface area contributed by atoms with Crippen molar-refractivity contribution in [2.24, 2.45) is 5.41 Å². The molecule has 1 aliphatic carbocycles. The smallest absolute Gasteiger partial charge is 0.311 e. The Labute approximate surface area is 153 Å². The van der Waals surface area contributed by atoms with Gasteiger partial charge in [-0.15, -0.1) is 0 Å². The number of anilines is 1. The highest BCUT2D eigenvalue weighted by Gasteiger charge is 2.42. The molecule has 0 amide bonds. The fourth-order valence-electron chi connectivity index (χ4n) is 4.64. The minimum absolute atomic E-state index is 0.578. The van der Waals surface area contributed by atoms with Crippen LogP contribution in [0.3, 0.4) is 0 Å². The summed E-state index contributed by atoms with van der Waals surface area (Å²) in [6.07, 6.45) is 7.48. The number of fused-ring (bicyclic) bond motifs is 3. The Morgan fingerprint density at radius 2 is 2.00 bits per heavy atom. The number of hydrogen-bond acceptors (Lipinski definition) is 5. The maximum Gasteiger partial charge on any atom is 0.311 e. The first-order valence-corrected chi connectivity index (χ1v) is 9.48. The fraction of sp³-hybridized carbons (Fsp3) is 0.632. The second-order valence-electron chi connectivity index (χ2n) is 8.02. The summed E-state index contributed by atoms with van der Waals surface area (Å²) in [7, 11) is 3.88. The van der Waals surface area contributed by atoms with Crippen LogP contribution in [0, 0.1) is 5.41 Å². The molecule has 1 saturated heterocycles. The van der Waals surface area contributed by atoms with Crippen LogP contribution in [0.15, 0.2) is 6.33 Å². The van der Waals surface area contributed by atoms with E-state index in [1.807, 2.05) is 19.0 Å². The van der Waals surface area contributed by atoms with Crippen LogP contribution >= 0.6 is 0 Å². The molecule has 2 aromatic rings. The van der Waals surface area contributed by atoms with Gasteiger partial charge in [0.1, 0.15) is 17.8 Å². The lowest BCUT2D eigenvalue weighted by Gasteiger charge is -2.40. The quantitative estimate of drug-likeness (QED) is 0.871. The van der Waals surface area contributed by atoms with Gasteiger partial charge in [-0.05, 0) is 58.2 Å². The van der Waals surface area contributed by atoms with Gasteiger partial charge in [0, 0.05) is 25.3 Å². The third-order valence-electron chi connectivity index (χ3n) is 5.96. The molecule has 0 spiro atoms. The van der Waals surface area contributed by atoms with E-state index in [-0.39, 0.29) is 0 Å². The molecule has 26 heavy (non-hydrogen) atoms. The SMILES string of the molecule is CN(C)CC1(C(=O)O)CCN(c2ncnc3[nH]c4c(c23)CCCC4)CC1. The second kappa shape index (κ2) is 6.54. The normalized spacial score (nSPS) is 19.7. The van der Waals surface area contributed by atoms with Gasteiger partial charge in [0.05, 0.1) is 10.8 Å². The first-order valence-electron chi connectivity index (χ1n) is 9.48. The predicted octanol–water partition coefficient (Wildman–Crippen LogP) is 2.07. The summed E-state index contributed by atoms with van der Waals surface area (Å²) in [6.45, 7) is 2.01. The highest BCUT2D eigenvalue weighted by atomic mass is 16.4. The lowest BCUT2D eigenvalue weighted by atomic mass is 9.78. The van der Waals surface area contributed by atoms with Crippen molar-refractivity contribution in [2.75, 3.05) is 38.6 Å². The Morgan fingerprint density at radius 3 is 2.69 bits per heavy atom. The van der Waals surface area contributed by atoms with Crippen LogP contribution < -0.4 is 4.90 Å². The fourth-order valence-corrected chi connectivity index (χ4v) is 4.64. The zero-order chi connectivity index (χ0) is 18.3. The minimum Gasteiger partial charge on any atom is -0.481 e. The molecule has 3 heterocycles. The van der Waals surface area contributed by atoms with Gasteiger partial charge in [0.15, 0.2) is 0 Å². The molecule has 140 valence electrons. The molecule has 0 atom stereocenters. The van der Waals surface area contributed by atoms with E-state index in [9.17, 15) is 9.90 Å². The molecule has 7 heteroatoms. The summed E-state index contributed by atoms with van der Waals surface area (Å²) in [5, 5.41) is 11.0. The van der Waals surface area contributed by atoms with Crippen LogP contribution in [0.4, 0.5) is 5.82 Å². The number of aryl methyl sites for hydroxylation is 2. The van der Waals surface area contributed by atoms with Crippen molar-refractivity contribution in [1.29, 1.82) is 0 Å². The molecule has 7 nitrogen and oxygen atoms in total. The standard InChI is InChI=1S/C19H27N5O2/c1-23(2)11-19(18(25)26)7-9-24(10-8-19)17-15-13-5-3-4-6-14(13)22-16(15)20-12-21-17/h12H,3-11H2,1-2H3,(H,25,26)(H,20,21,22). The highest BCUT2D eigenvalue weighted by Crippen LogP contribution is 2.38. The van der Waals surface area contributed by atoms with Gasteiger partial charge in [0.25, 0.3) is 0 Å². The van der Waals surface area contributed by atoms with Crippen LogP contribution in [0.2, 0.25) is 0 Å². The zero-order valence-corrected chi connectivity index (χ0v) is 15.6. The second-order valence-corrected chi connectivity index (χ2v) is 8.02. The molecule has 2 aliphatic rings. The topological polar surface area (TPSA) is 85.3 Å². The highest BCUT2D eigenvalue weighted by molar-refractivity contribution is 5.92. The number of piperidine rings is 1. The average Bonchev–Trinajstić information content (AvgIpc) is 3.00. The van der Waals surface area contributed by atoms with Crippen molar-refractivity contribution in [3.8, 4) is 0 Å². The Bertz CT molecular complexity index is 821. The molecule has 0 unspecified atom stereocenters. The van der Waals surface area contributed by atoms with Crippen LogP contribution in [0.1, 0.15) is 36.9 Å². The largest absolute Gasteiger partial charge is 0.481 e. The Kier molecular flexibility index (Phi) is 4.34. The first-order chi connectivity index (χ1) is 12.5. The van der Waals surface area contributed by atoms with Gasteiger partial charge in [-0.25, -0.2) is 9.97 Å². The van der Waals surface area contributed by atoms with Gasteiger partial charge in [-0.3, -0.25) is 4.79 Å². The van der Waals surface area contributed by atoms with Crippen molar-refractivity contribution >= 4 is 22.8 Å². The summed E-state index contributed by atoms with van der Waals surface area (Å²) < 4.78 is 0. The third-order valence-corrected chi connectivity index (χ3v) is 5.96. The number of carboxylic acids is 1. The van der Waals surface area contributed by atoms with Gasteiger partial charge in [-0.2, -0.15) is 0 Å². The Morgan fingerprint density at radius 1 is 1.27 bits per heavy atom. The van der Waals surface area contributed by atoms with Crippen molar-refractivity contribution in [3.63, 3.8) is 0 Å². The molecule has 0 saturated carbocycles. The molecule has 1 aliphatic heterocycles. The van der Waals surface area contributed by atoms with Crippen molar-refractivity contribution in [1.82, 2.24) is 19.9 Å².